The highest BCUT2D eigenvalue weighted by Gasteiger charge is 1.97. The number of nitrogens with one attached hydrogen (secondary N) is 2. The molecule has 106 valence electrons. The van der Waals surface area contributed by atoms with Crippen molar-refractivity contribution in [3.63, 3.8) is 0 Å². The van der Waals surface area contributed by atoms with E-state index in [1.54, 1.807) is 0 Å². The lowest BCUT2D eigenvalue weighted by Gasteiger charge is -2.07. The van der Waals surface area contributed by atoms with Crippen molar-refractivity contribution in [3.8, 4) is 6.19 Å². The first-order valence-electron chi connectivity index (χ1n) is 6.47. The molecule has 0 spiro atoms. The van der Waals surface area contributed by atoms with Gasteiger partial charge in [-0.1, -0.05) is 42.1 Å². The molecule has 0 unspecified atom stereocenters. The van der Waals surface area contributed by atoms with Crippen LogP contribution in [0.4, 0.5) is 11.4 Å². The summed E-state index contributed by atoms with van der Waals surface area (Å²) in [4.78, 5) is 4.34. The molecule has 2 aromatic carbocycles. The van der Waals surface area contributed by atoms with E-state index in [1.807, 2.05) is 54.9 Å². The zero-order chi connectivity index (χ0) is 14.9. The molecule has 0 atom stereocenters. The predicted molar refractivity (Wildman–Crippen MR) is 89.6 cm³/mol. The summed E-state index contributed by atoms with van der Waals surface area (Å²) in [6.07, 6.45) is 3.75. The van der Waals surface area contributed by atoms with Crippen molar-refractivity contribution in [3.05, 3.63) is 60.2 Å². The van der Waals surface area contributed by atoms with E-state index >= 15 is 0 Å². The predicted octanol–water partition coefficient (Wildman–Crippen LogP) is 3.72. The van der Waals surface area contributed by atoms with Gasteiger partial charge in [-0.25, -0.2) is 4.99 Å². The standard InChI is InChI=1S/C16H16N4S/c1-21-16(19-12-17)20-15-9-7-14(8-10-15)18-11-13-5-3-2-4-6-13/h2-10,18H,11H2,1H3,(H,19,20). The number of nitriles is 1. The van der Waals surface area contributed by atoms with Gasteiger partial charge in [0, 0.05) is 12.2 Å². The van der Waals surface area contributed by atoms with Crippen molar-refractivity contribution in [2.75, 3.05) is 11.6 Å². The number of amidine groups is 1. The molecule has 21 heavy (non-hydrogen) atoms. The van der Waals surface area contributed by atoms with Crippen molar-refractivity contribution < 1.29 is 0 Å². The molecule has 0 heterocycles. The van der Waals surface area contributed by atoms with Crippen LogP contribution in [0.15, 0.2) is 59.6 Å². The fourth-order valence-electron chi connectivity index (χ4n) is 1.74. The van der Waals surface area contributed by atoms with E-state index in [4.69, 9.17) is 5.26 Å². The zero-order valence-electron chi connectivity index (χ0n) is 11.7. The van der Waals surface area contributed by atoms with Crippen LogP contribution in [-0.4, -0.2) is 11.4 Å². The molecule has 0 aliphatic carbocycles. The summed E-state index contributed by atoms with van der Waals surface area (Å²) in [5, 5.41) is 15.1. The highest BCUT2D eigenvalue weighted by molar-refractivity contribution is 8.13. The van der Waals surface area contributed by atoms with E-state index in [1.165, 1.54) is 17.3 Å². The third-order valence-corrected chi connectivity index (χ3v) is 3.37. The minimum atomic E-state index is 0.586. The van der Waals surface area contributed by atoms with Crippen molar-refractivity contribution in [2.45, 2.75) is 6.54 Å². The first-order chi connectivity index (χ1) is 10.3. The minimum absolute atomic E-state index is 0.586. The van der Waals surface area contributed by atoms with Crippen molar-refractivity contribution >= 4 is 28.3 Å². The SMILES string of the molecule is CSC(=Nc1ccc(NCc2ccccc2)cc1)NC#N. The zero-order valence-corrected chi connectivity index (χ0v) is 12.5. The number of anilines is 1. The second-order valence-electron chi connectivity index (χ2n) is 4.24. The molecule has 2 rings (SSSR count). The van der Waals surface area contributed by atoms with Gasteiger partial charge in [0.25, 0.3) is 0 Å². The van der Waals surface area contributed by atoms with Crippen LogP contribution in [-0.2, 0) is 6.54 Å². The molecule has 0 saturated heterocycles. The lowest BCUT2D eigenvalue weighted by molar-refractivity contribution is 1.15. The Bertz CT molecular complexity index is 630. The van der Waals surface area contributed by atoms with Crippen LogP contribution in [0.1, 0.15) is 5.56 Å². The number of thioether (sulfide) groups is 1. The topological polar surface area (TPSA) is 60.2 Å². The van der Waals surface area contributed by atoms with Gasteiger partial charge < -0.3 is 5.32 Å². The Labute approximate surface area is 128 Å². The van der Waals surface area contributed by atoms with Gasteiger partial charge in [0.1, 0.15) is 0 Å². The fraction of sp³-hybridized carbons (Fsp3) is 0.125. The maximum Gasteiger partial charge on any atom is 0.183 e. The van der Waals surface area contributed by atoms with Crippen LogP contribution in [0, 0.1) is 11.5 Å². The Balaban J connectivity index is 1.97. The second kappa shape index (κ2) is 7.98. The number of benzene rings is 2. The molecule has 0 fully saturated rings. The van der Waals surface area contributed by atoms with Gasteiger partial charge in [0.05, 0.1) is 5.69 Å². The molecular weight excluding hydrogens is 280 g/mol. The lowest BCUT2D eigenvalue weighted by atomic mass is 10.2. The Kier molecular flexibility index (Phi) is 5.68. The molecule has 2 aromatic rings. The van der Waals surface area contributed by atoms with Crippen molar-refractivity contribution in [2.24, 2.45) is 4.99 Å². The molecule has 0 aliphatic heterocycles. The summed E-state index contributed by atoms with van der Waals surface area (Å²) in [7, 11) is 0. The first-order valence-corrected chi connectivity index (χ1v) is 7.70. The summed E-state index contributed by atoms with van der Waals surface area (Å²) in [5.74, 6) is 0. The molecule has 5 heteroatoms. The number of rotatable bonds is 4. The highest BCUT2D eigenvalue weighted by Crippen LogP contribution is 2.18. The molecule has 0 radical (unpaired) electrons. The average Bonchev–Trinajstić information content (AvgIpc) is 2.54. The second-order valence-corrected chi connectivity index (χ2v) is 5.04. The van der Waals surface area contributed by atoms with Crippen molar-refractivity contribution in [1.29, 1.82) is 5.26 Å². The van der Waals surface area contributed by atoms with Crippen molar-refractivity contribution in [1.82, 2.24) is 5.32 Å². The van der Waals surface area contributed by atoms with E-state index in [0.29, 0.717) is 5.17 Å². The Morgan fingerprint density at radius 1 is 1.14 bits per heavy atom. The van der Waals surface area contributed by atoms with Crippen LogP contribution < -0.4 is 10.6 Å². The van der Waals surface area contributed by atoms with Crippen LogP contribution in [0.3, 0.4) is 0 Å². The molecule has 2 N–H and O–H groups in total. The Morgan fingerprint density at radius 2 is 1.86 bits per heavy atom. The van der Waals surface area contributed by atoms with Gasteiger partial charge in [0.2, 0.25) is 0 Å². The summed E-state index contributed by atoms with van der Waals surface area (Å²) in [5.41, 5.74) is 3.09. The van der Waals surface area contributed by atoms with Gasteiger partial charge in [-0.05, 0) is 36.1 Å². The number of hydrogen-bond acceptors (Lipinski definition) is 4. The number of nitrogens with zero attached hydrogens (tertiary/aromatic N) is 2. The van der Waals surface area contributed by atoms with Gasteiger partial charge in [-0.3, -0.25) is 5.32 Å². The van der Waals surface area contributed by atoms with E-state index in [-0.39, 0.29) is 0 Å². The number of aliphatic imine (C=N–C) groups is 1. The van der Waals surface area contributed by atoms with E-state index in [2.05, 4.69) is 27.8 Å². The lowest BCUT2D eigenvalue weighted by Crippen LogP contribution is -2.12. The monoisotopic (exact) mass is 296 g/mol. The largest absolute Gasteiger partial charge is 0.381 e. The highest BCUT2D eigenvalue weighted by atomic mass is 32.2. The smallest absolute Gasteiger partial charge is 0.183 e. The van der Waals surface area contributed by atoms with E-state index < -0.39 is 0 Å². The van der Waals surface area contributed by atoms with Gasteiger partial charge in [-0.15, -0.1) is 0 Å². The molecule has 0 aromatic heterocycles. The third-order valence-electron chi connectivity index (χ3n) is 2.79. The maximum atomic E-state index is 8.60. The minimum Gasteiger partial charge on any atom is -0.381 e. The van der Waals surface area contributed by atoms with Gasteiger partial charge in [0.15, 0.2) is 11.4 Å². The summed E-state index contributed by atoms with van der Waals surface area (Å²) in [6.45, 7) is 0.787. The van der Waals surface area contributed by atoms with Crippen LogP contribution in [0.5, 0.6) is 0 Å². The third kappa shape index (κ3) is 4.86. The summed E-state index contributed by atoms with van der Waals surface area (Å²) < 4.78 is 0. The molecule has 4 nitrogen and oxygen atoms in total. The summed E-state index contributed by atoms with van der Waals surface area (Å²) >= 11 is 1.40. The van der Waals surface area contributed by atoms with Crippen LogP contribution >= 0.6 is 11.8 Å². The Morgan fingerprint density at radius 3 is 2.48 bits per heavy atom. The molecule has 0 amide bonds. The van der Waals surface area contributed by atoms with E-state index in [0.717, 1.165) is 17.9 Å². The summed E-state index contributed by atoms with van der Waals surface area (Å²) in [6, 6.07) is 18.0. The average molecular weight is 296 g/mol. The van der Waals surface area contributed by atoms with E-state index in [9.17, 15) is 0 Å². The van der Waals surface area contributed by atoms with Gasteiger partial charge >= 0.3 is 0 Å². The normalized spacial score (nSPS) is 10.8. The van der Waals surface area contributed by atoms with Gasteiger partial charge in [-0.2, -0.15) is 5.26 Å². The fourth-order valence-corrected chi connectivity index (χ4v) is 2.09. The molecule has 0 saturated carbocycles. The quantitative estimate of drug-likeness (QED) is 0.391. The molecule has 0 aliphatic rings. The molecular formula is C16H16N4S. The molecule has 0 bridgehead atoms. The van der Waals surface area contributed by atoms with Crippen LogP contribution in [0.25, 0.3) is 0 Å². The van der Waals surface area contributed by atoms with Crippen LogP contribution in [0.2, 0.25) is 0 Å². The maximum absolute atomic E-state index is 8.60. The Hall–Kier alpha value is -2.45. The number of hydrogen-bond donors (Lipinski definition) is 2. The first kappa shape index (κ1) is 14.9.